The van der Waals surface area contributed by atoms with E-state index in [-0.39, 0.29) is 10.8 Å². The van der Waals surface area contributed by atoms with Crippen molar-refractivity contribution in [2.45, 2.75) is 18.7 Å². The summed E-state index contributed by atoms with van der Waals surface area (Å²) in [6.07, 6.45) is 0. The number of benzene rings is 4. The average molecular weight is 571 g/mol. The van der Waals surface area contributed by atoms with Crippen molar-refractivity contribution in [3.05, 3.63) is 95.6 Å². The van der Waals surface area contributed by atoms with E-state index in [9.17, 15) is 17.8 Å². The van der Waals surface area contributed by atoms with Crippen LogP contribution >= 0.6 is 22.7 Å². The van der Waals surface area contributed by atoms with E-state index in [0.717, 1.165) is 31.9 Å². The van der Waals surface area contributed by atoms with Gasteiger partial charge < -0.3 is 9.87 Å². The lowest BCUT2D eigenvalue weighted by Gasteiger charge is -2.10. The van der Waals surface area contributed by atoms with Gasteiger partial charge in [0.15, 0.2) is 0 Å². The number of thiazole rings is 2. The van der Waals surface area contributed by atoms with Gasteiger partial charge in [-0.15, -0.1) is 22.7 Å². The van der Waals surface area contributed by atoms with E-state index in [2.05, 4.69) is 10.3 Å². The van der Waals surface area contributed by atoms with Crippen LogP contribution in [0.3, 0.4) is 0 Å². The smallest absolute Gasteiger partial charge is 0.255 e. The summed E-state index contributed by atoms with van der Waals surface area (Å²) in [5, 5.41) is 4.38. The molecule has 6 aromatic rings. The number of anilines is 1. The minimum absolute atomic E-state index is 0.166. The van der Waals surface area contributed by atoms with Crippen molar-refractivity contribution >= 4 is 64.8 Å². The molecule has 0 bridgehead atoms. The van der Waals surface area contributed by atoms with Crippen LogP contribution in [0, 0.1) is 13.8 Å². The van der Waals surface area contributed by atoms with Gasteiger partial charge >= 0.3 is 0 Å². The molecule has 0 radical (unpaired) electrons. The number of aryl methyl sites for hydroxylation is 2. The van der Waals surface area contributed by atoms with Crippen LogP contribution in [0.2, 0.25) is 0 Å². The lowest BCUT2D eigenvalue weighted by Crippen LogP contribution is -2.11. The molecule has 1 amide bonds. The van der Waals surface area contributed by atoms with Crippen molar-refractivity contribution in [3.8, 4) is 21.1 Å². The molecule has 10 heteroatoms. The normalized spacial score (nSPS) is 11.8. The van der Waals surface area contributed by atoms with E-state index < -0.39 is 10.1 Å². The molecule has 6 rings (SSSR count). The first-order valence-corrected chi connectivity index (χ1v) is 15.0. The minimum atomic E-state index is -4.63. The zero-order valence-electron chi connectivity index (χ0n) is 20.8. The van der Waals surface area contributed by atoms with E-state index >= 15 is 0 Å². The molecule has 39 heavy (non-hydrogen) atoms. The Hall–Kier alpha value is -3.96. The SMILES string of the molecule is Cc1ccc(C(=O)Nc2ccc(-c3nc4ccc(-c5nc6ccc(C)c(S(=O)(=O)[O-])c6s5)cc4s3)cc2)cc1. The molecule has 7 nitrogen and oxygen atoms in total. The second-order valence-electron chi connectivity index (χ2n) is 9.13. The largest absolute Gasteiger partial charge is 0.744 e. The fourth-order valence-corrected chi connectivity index (χ4v) is 7.58. The number of carbonyl (C=O) groups excluding carboxylic acids is 1. The first kappa shape index (κ1) is 25.3. The first-order valence-electron chi connectivity index (χ1n) is 11.9. The maximum absolute atomic E-state index is 12.5. The zero-order chi connectivity index (χ0) is 27.3. The highest BCUT2D eigenvalue weighted by atomic mass is 32.2. The molecule has 0 fully saturated rings. The Labute approximate surface area is 232 Å². The van der Waals surface area contributed by atoms with Crippen LogP contribution in [0.1, 0.15) is 21.5 Å². The summed E-state index contributed by atoms with van der Waals surface area (Å²) >= 11 is 2.72. The summed E-state index contributed by atoms with van der Waals surface area (Å²) in [6, 6.07) is 24.1. The third-order valence-electron chi connectivity index (χ3n) is 6.30. The summed E-state index contributed by atoms with van der Waals surface area (Å²) in [4.78, 5) is 21.7. The van der Waals surface area contributed by atoms with Gasteiger partial charge in [0, 0.05) is 22.4 Å². The van der Waals surface area contributed by atoms with Crippen LogP contribution in [-0.4, -0.2) is 28.8 Å². The maximum Gasteiger partial charge on any atom is 0.255 e. The summed E-state index contributed by atoms with van der Waals surface area (Å²) in [5.41, 5.74) is 5.85. The minimum Gasteiger partial charge on any atom is -0.744 e. The number of amides is 1. The van der Waals surface area contributed by atoms with Crippen molar-refractivity contribution in [1.29, 1.82) is 0 Å². The summed E-state index contributed by atoms with van der Waals surface area (Å²) in [5.74, 6) is -0.166. The summed E-state index contributed by atoms with van der Waals surface area (Å²) < 4.78 is 36.9. The predicted molar refractivity (Wildman–Crippen MR) is 156 cm³/mol. The number of carbonyl (C=O) groups is 1. The van der Waals surface area contributed by atoms with Crippen molar-refractivity contribution in [1.82, 2.24) is 9.97 Å². The van der Waals surface area contributed by atoms with Crippen molar-refractivity contribution in [2.75, 3.05) is 5.32 Å². The number of aromatic nitrogens is 2. The third kappa shape index (κ3) is 4.95. The number of nitrogens with one attached hydrogen (secondary N) is 1. The van der Waals surface area contributed by atoms with Crippen LogP contribution in [0.4, 0.5) is 5.69 Å². The Bertz CT molecular complexity index is 1990. The van der Waals surface area contributed by atoms with E-state index in [1.54, 1.807) is 31.2 Å². The van der Waals surface area contributed by atoms with Gasteiger partial charge in [0.1, 0.15) is 20.1 Å². The van der Waals surface area contributed by atoms with E-state index in [0.29, 0.717) is 32.0 Å². The fraction of sp³-hybridized carbons (Fsp3) is 0.0690. The summed E-state index contributed by atoms with van der Waals surface area (Å²) in [6.45, 7) is 3.59. The molecule has 0 atom stereocenters. The van der Waals surface area contributed by atoms with Gasteiger partial charge in [-0.2, -0.15) is 0 Å². The molecule has 0 aliphatic carbocycles. The number of hydrogen-bond acceptors (Lipinski definition) is 8. The summed E-state index contributed by atoms with van der Waals surface area (Å²) in [7, 11) is -4.63. The standard InChI is InChI=1S/C29H21N3O4S3/c1-16-3-6-18(7-4-16)27(33)30-21-11-8-19(9-12-21)28-31-22-14-10-20(15-24(22)37-28)29-32-23-13-5-17(2)26(25(23)38-29)39(34,35)36/h3-15H,1-2H3,(H,30,33)(H,34,35,36)/p-1. The molecule has 0 spiro atoms. The van der Waals surface area contributed by atoms with Crippen LogP contribution in [-0.2, 0) is 10.1 Å². The molecule has 0 unspecified atom stereocenters. The second-order valence-corrected chi connectivity index (χ2v) is 12.5. The first-order chi connectivity index (χ1) is 18.7. The number of rotatable bonds is 5. The zero-order valence-corrected chi connectivity index (χ0v) is 23.2. The van der Waals surface area contributed by atoms with Gasteiger partial charge in [0.2, 0.25) is 0 Å². The lowest BCUT2D eigenvalue weighted by atomic mass is 10.1. The Morgan fingerprint density at radius 1 is 0.795 bits per heavy atom. The van der Waals surface area contributed by atoms with Crippen molar-refractivity contribution in [2.24, 2.45) is 0 Å². The number of fused-ring (bicyclic) bond motifs is 2. The van der Waals surface area contributed by atoms with Gasteiger partial charge in [0.25, 0.3) is 5.91 Å². The molecule has 0 saturated heterocycles. The molecule has 0 saturated carbocycles. The van der Waals surface area contributed by atoms with Gasteiger partial charge in [-0.3, -0.25) is 4.79 Å². The third-order valence-corrected chi connectivity index (χ3v) is 9.66. The molecule has 194 valence electrons. The van der Waals surface area contributed by atoms with Gasteiger partial charge in [-0.1, -0.05) is 23.8 Å². The number of hydrogen-bond donors (Lipinski definition) is 1. The van der Waals surface area contributed by atoms with Gasteiger partial charge in [-0.25, -0.2) is 18.4 Å². The van der Waals surface area contributed by atoms with Crippen LogP contribution in [0.5, 0.6) is 0 Å². The van der Waals surface area contributed by atoms with Crippen molar-refractivity contribution in [3.63, 3.8) is 0 Å². The maximum atomic E-state index is 12.5. The molecule has 2 heterocycles. The molecule has 0 aliphatic rings. The Morgan fingerprint density at radius 3 is 2.15 bits per heavy atom. The van der Waals surface area contributed by atoms with E-state index in [1.807, 2.05) is 61.5 Å². The molecule has 0 aliphatic heterocycles. The monoisotopic (exact) mass is 570 g/mol. The number of nitrogens with zero attached hydrogens (tertiary/aromatic N) is 2. The Kier molecular flexibility index (Phi) is 6.27. The lowest BCUT2D eigenvalue weighted by molar-refractivity contribution is 0.102. The predicted octanol–water partition coefficient (Wildman–Crippen LogP) is 7.01. The van der Waals surface area contributed by atoms with Gasteiger partial charge in [-0.05, 0) is 80.1 Å². The van der Waals surface area contributed by atoms with Crippen molar-refractivity contribution < 1.29 is 17.8 Å². The Morgan fingerprint density at radius 2 is 1.44 bits per heavy atom. The second kappa shape index (κ2) is 9.65. The van der Waals surface area contributed by atoms with E-state index in [4.69, 9.17) is 4.98 Å². The molecule has 1 N–H and O–H groups in total. The molecular weight excluding hydrogens is 551 g/mol. The quantitative estimate of drug-likeness (QED) is 0.223. The highest BCUT2D eigenvalue weighted by Crippen LogP contribution is 2.38. The average Bonchev–Trinajstić information content (AvgIpc) is 3.52. The molecular formula is C29H20N3O4S3-. The van der Waals surface area contributed by atoms with Crippen LogP contribution in [0.25, 0.3) is 41.6 Å². The van der Waals surface area contributed by atoms with E-state index in [1.165, 1.54) is 22.7 Å². The Balaban J connectivity index is 1.27. The highest BCUT2D eigenvalue weighted by molar-refractivity contribution is 7.86. The van der Waals surface area contributed by atoms with Crippen LogP contribution in [0.15, 0.2) is 83.8 Å². The highest BCUT2D eigenvalue weighted by Gasteiger charge is 2.17. The fourth-order valence-electron chi connectivity index (χ4n) is 4.29. The molecule has 4 aromatic carbocycles. The molecule has 2 aromatic heterocycles. The van der Waals surface area contributed by atoms with Gasteiger partial charge in [0.05, 0.1) is 25.3 Å². The topological polar surface area (TPSA) is 112 Å². The van der Waals surface area contributed by atoms with Crippen LogP contribution < -0.4 is 5.32 Å².